The van der Waals surface area contributed by atoms with E-state index in [-0.39, 0.29) is 11.9 Å². The number of benzene rings is 2. The van der Waals surface area contributed by atoms with Crippen molar-refractivity contribution in [3.8, 4) is 5.75 Å². The monoisotopic (exact) mass is 652 g/mol. The smallest absolute Gasteiger partial charge is 0.247 e. The maximum Gasteiger partial charge on any atom is 0.247 e. The quantitative estimate of drug-likeness (QED) is 0.263. The first kappa shape index (κ1) is 32.4. The summed E-state index contributed by atoms with van der Waals surface area (Å²) >= 11 is 0. The van der Waals surface area contributed by atoms with Crippen molar-refractivity contribution in [2.24, 2.45) is 0 Å². The van der Waals surface area contributed by atoms with Crippen LogP contribution in [0.4, 0.5) is 28.7 Å². The number of ether oxygens (including phenoxy) is 1. The van der Waals surface area contributed by atoms with Crippen LogP contribution in [0.5, 0.6) is 5.75 Å². The standard InChI is InChI=1S/C37H48N8O3/c1-3-37(46)41-30-23-31(40-35-25-36(39-26-38-35)45-32(15-22-48-45)27-9-5-4-6-10-27)34(47-2)24-33(30)44-16-13-29(14-17-44)43-20-18-42(19-21-43)28-11-7-8-12-28/h3-6,9-10,23-26,28-29,32H,1,7-8,11-22H2,2H3,(H,41,46)(H,38,39,40)/t32-/m1/s1. The normalized spacial score (nSPS) is 21.4. The summed E-state index contributed by atoms with van der Waals surface area (Å²) in [6.07, 6.45) is 11.4. The Bertz CT molecular complexity index is 1550. The number of carbonyl (C=O) groups excluding carboxylic acids is 1. The summed E-state index contributed by atoms with van der Waals surface area (Å²) in [6.45, 7) is 10.8. The molecule has 1 aromatic heterocycles. The number of piperidine rings is 1. The zero-order valence-electron chi connectivity index (χ0n) is 28.0. The third-order valence-electron chi connectivity index (χ3n) is 10.5. The lowest BCUT2D eigenvalue weighted by molar-refractivity contribution is -0.111. The van der Waals surface area contributed by atoms with Gasteiger partial charge in [0.1, 0.15) is 17.9 Å². The molecule has 2 N–H and O–H groups in total. The molecule has 48 heavy (non-hydrogen) atoms. The van der Waals surface area contributed by atoms with Gasteiger partial charge in [0.25, 0.3) is 0 Å². The van der Waals surface area contributed by atoms with E-state index in [4.69, 9.17) is 9.57 Å². The molecule has 11 nitrogen and oxygen atoms in total. The second-order valence-electron chi connectivity index (χ2n) is 13.3. The number of methoxy groups -OCH3 is 1. The molecular weight excluding hydrogens is 604 g/mol. The number of hydrogen-bond donors (Lipinski definition) is 2. The molecule has 0 bridgehead atoms. The van der Waals surface area contributed by atoms with Crippen LogP contribution in [0.2, 0.25) is 0 Å². The zero-order valence-corrected chi connectivity index (χ0v) is 28.0. The molecular formula is C37H48N8O3. The van der Waals surface area contributed by atoms with Crippen LogP contribution in [-0.4, -0.2) is 90.7 Å². The van der Waals surface area contributed by atoms with Crippen LogP contribution < -0.4 is 25.3 Å². The highest BCUT2D eigenvalue weighted by atomic mass is 16.7. The van der Waals surface area contributed by atoms with Gasteiger partial charge >= 0.3 is 0 Å². The molecule has 3 saturated heterocycles. The molecule has 1 atom stereocenters. The lowest BCUT2D eigenvalue weighted by Crippen LogP contribution is -2.54. The molecule has 4 heterocycles. The average molecular weight is 653 g/mol. The Morgan fingerprint density at radius 1 is 0.896 bits per heavy atom. The molecule has 0 unspecified atom stereocenters. The van der Waals surface area contributed by atoms with Gasteiger partial charge in [0, 0.05) is 69.9 Å². The molecule has 3 aliphatic heterocycles. The first-order chi connectivity index (χ1) is 23.6. The molecule has 1 aliphatic carbocycles. The highest BCUT2D eigenvalue weighted by Crippen LogP contribution is 2.41. The van der Waals surface area contributed by atoms with E-state index in [1.165, 1.54) is 56.7 Å². The summed E-state index contributed by atoms with van der Waals surface area (Å²) in [4.78, 5) is 35.5. The van der Waals surface area contributed by atoms with E-state index in [9.17, 15) is 4.79 Å². The van der Waals surface area contributed by atoms with E-state index < -0.39 is 0 Å². The Labute approximate surface area is 283 Å². The number of nitrogens with one attached hydrogen (secondary N) is 2. The third-order valence-corrected chi connectivity index (χ3v) is 10.5. The van der Waals surface area contributed by atoms with Gasteiger partial charge in [-0.1, -0.05) is 49.8 Å². The summed E-state index contributed by atoms with van der Waals surface area (Å²) < 4.78 is 5.90. The molecule has 0 spiro atoms. The van der Waals surface area contributed by atoms with Gasteiger partial charge in [-0.05, 0) is 43.4 Å². The number of piperazine rings is 1. The van der Waals surface area contributed by atoms with Crippen molar-refractivity contribution in [1.82, 2.24) is 19.8 Å². The van der Waals surface area contributed by atoms with Gasteiger partial charge in [-0.2, -0.15) is 0 Å². The molecule has 2 aromatic carbocycles. The lowest BCUT2D eigenvalue weighted by atomic mass is 10.0. The second-order valence-corrected chi connectivity index (χ2v) is 13.3. The third kappa shape index (κ3) is 7.13. The van der Waals surface area contributed by atoms with Crippen molar-refractivity contribution < 1.29 is 14.4 Å². The van der Waals surface area contributed by atoms with Crippen molar-refractivity contribution in [2.45, 2.75) is 63.1 Å². The lowest BCUT2D eigenvalue weighted by Gasteiger charge is -2.44. The summed E-state index contributed by atoms with van der Waals surface area (Å²) in [5.74, 6) is 1.65. The fourth-order valence-corrected chi connectivity index (χ4v) is 7.94. The van der Waals surface area contributed by atoms with Gasteiger partial charge < -0.3 is 20.3 Å². The Morgan fingerprint density at radius 2 is 1.60 bits per heavy atom. The number of anilines is 5. The van der Waals surface area contributed by atoms with Crippen LogP contribution in [-0.2, 0) is 9.63 Å². The molecule has 4 fully saturated rings. The summed E-state index contributed by atoms with van der Waals surface area (Å²) in [7, 11) is 1.66. The van der Waals surface area contributed by atoms with E-state index in [0.717, 1.165) is 57.2 Å². The van der Waals surface area contributed by atoms with E-state index in [0.29, 0.717) is 41.4 Å². The van der Waals surface area contributed by atoms with Gasteiger partial charge in [0.05, 0.1) is 36.8 Å². The fourth-order valence-electron chi connectivity index (χ4n) is 7.94. The minimum absolute atomic E-state index is 0.0640. The van der Waals surface area contributed by atoms with Crippen molar-refractivity contribution in [3.05, 3.63) is 73.1 Å². The highest BCUT2D eigenvalue weighted by molar-refractivity contribution is 6.02. The number of carbonyl (C=O) groups is 1. The number of nitrogens with zero attached hydrogens (tertiary/aromatic N) is 6. The van der Waals surface area contributed by atoms with Crippen LogP contribution in [0.15, 0.2) is 67.5 Å². The predicted molar refractivity (Wildman–Crippen MR) is 190 cm³/mol. The van der Waals surface area contributed by atoms with E-state index in [1.807, 2.05) is 41.5 Å². The van der Waals surface area contributed by atoms with Crippen LogP contribution in [0.3, 0.4) is 0 Å². The van der Waals surface area contributed by atoms with Crippen molar-refractivity contribution >= 4 is 34.6 Å². The fraction of sp³-hybridized carbons (Fsp3) is 0.486. The molecule has 7 rings (SSSR count). The van der Waals surface area contributed by atoms with Gasteiger partial charge in [-0.25, -0.2) is 15.0 Å². The van der Waals surface area contributed by atoms with E-state index in [1.54, 1.807) is 7.11 Å². The molecule has 0 radical (unpaired) electrons. The van der Waals surface area contributed by atoms with Crippen molar-refractivity contribution in [3.63, 3.8) is 0 Å². The molecule has 11 heteroatoms. The first-order valence-corrected chi connectivity index (χ1v) is 17.5. The van der Waals surface area contributed by atoms with E-state index >= 15 is 0 Å². The van der Waals surface area contributed by atoms with Crippen LogP contribution in [0.25, 0.3) is 0 Å². The number of amides is 1. The van der Waals surface area contributed by atoms with Crippen molar-refractivity contribution in [2.75, 3.05) is 73.6 Å². The number of rotatable bonds is 10. The van der Waals surface area contributed by atoms with E-state index in [2.05, 4.69) is 54.0 Å². The van der Waals surface area contributed by atoms with Gasteiger partial charge in [-0.15, -0.1) is 0 Å². The average Bonchev–Trinajstić information content (AvgIpc) is 3.86. The zero-order chi connectivity index (χ0) is 32.9. The van der Waals surface area contributed by atoms with Crippen LogP contribution in [0, 0.1) is 0 Å². The summed E-state index contributed by atoms with van der Waals surface area (Å²) in [5, 5.41) is 8.32. The maximum atomic E-state index is 12.6. The SMILES string of the molecule is C=CC(=O)Nc1cc(Nc2cc(N3OCC[C@@H]3c3ccccc3)ncn2)c(OC)cc1N1CCC(N2CCN(C3CCCC3)CC2)CC1. The molecule has 4 aliphatic rings. The predicted octanol–water partition coefficient (Wildman–Crippen LogP) is 5.77. The van der Waals surface area contributed by atoms with Gasteiger partial charge in [-0.3, -0.25) is 19.4 Å². The number of aromatic nitrogens is 2. The number of hydroxylamine groups is 1. The Kier molecular flexibility index (Phi) is 10.1. The Balaban J connectivity index is 1.06. The summed E-state index contributed by atoms with van der Waals surface area (Å²) in [5.41, 5.74) is 3.50. The minimum Gasteiger partial charge on any atom is -0.494 e. The molecule has 1 amide bonds. The maximum absolute atomic E-state index is 12.6. The summed E-state index contributed by atoms with van der Waals surface area (Å²) in [6, 6.07) is 17.6. The molecule has 254 valence electrons. The molecule has 3 aromatic rings. The van der Waals surface area contributed by atoms with Gasteiger partial charge in [0.2, 0.25) is 5.91 Å². The Hall–Kier alpha value is -4.19. The minimum atomic E-state index is -0.259. The topological polar surface area (TPSA) is 98.3 Å². The highest BCUT2D eigenvalue weighted by Gasteiger charge is 2.32. The van der Waals surface area contributed by atoms with Crippen molar-refractivity contribution in [1.29, 1.82) is 0 Å². The number of hydrogen-bond acceptors (Lipinski definition) is 10. The Morgan fingerprint density at radius 3 is 2.29 bits per heavy atom. The van der Waals surface area contributed by atoms with Crippen LogP contribution in [0.1, 0.15) is 56.6 Å². The molecule has 1 saturated carbocycles. The first-order valence-electron chi connectivity index (χ1n) is 17.5. The largest absolute Gasteiger partial charge is 0.494 e. The van der Waals surface area contributed by atoms with Crippen LogP contribution >= 0.6 is 0 Å². The second kappa shape index (κ2) is 14.9. The van der Waals surface area contributed by atoms with Gasteiger partial charge in [0.15, 0.2) is 5.82 Å².